The van der Waals surface area contributed by atoms with E-state index >= 15 is 0 Å². The quantitative estimate of drug-likeness (QED) is 0.523. The van der Waals surface area contributed by atoms with Gasteiger partial charge in [0.15, 0.2) is 0 Å². The molecule has 1 fully saturated rings. The Hall–Kier alpha value is -0.890. The topological polar surface area (TPSA) is 68.9 Å². The first-order valence-electron chi connectivity index (χ1n) is 9.45. The third-order valence-corrected chi connectivity index (χ3v) is 7.81. The first-order chi connectivity index (χ1) is 12.2. The Morgan fingerprint density at radius 1 is 1.28 bits per heavy atom. The molecule has 0 bridgehead atoms. The van der Waals surface area contributed by atoms with Gasteiger partial charge < -0.3 is 5.32 Å². The number of nitrogens with zero attached hydrogens (tertiary/aromatic N) is 3. The van der Waals surface area contributed by atoms with Crippen LogP contribution in [-0.2, 0) is 24.3 Å². The van der Waals surface area contributed by atoms with E-state index in [9.17, 15) is 9.59 Å². The molecule has 3 heterocycles. The highest BCUT2D eigenvalue weighted by Crippen LogP contribution is 2.39. The van der Waals surface area contributed by atoms with Gasteiger partial charge in [0.05, 0.1) is 0 Å². The van der Waals surface area contributed by atoms with Crippen molar-refractivity contribution in [3.8, 4) is 0 Å². The van der Waals surface area contributed by atoms with Gasteiger partial charge in [-0.2, -0.15) is 5.10 Å². The van der Waals surface area contributed by atoms with E-state index in [0.717, 1.165) is 56.1 Å². The number of rotatable bonds is 9. The molecule has 0 aliphatic carbocycles. The molecule has 0 saturated carbocycles. The van der Waals surface area contributed by atoms with Crippen LogP contribution in [0.25, 0.3) is 0 Å². The third-order valence-electron chi connectivity index (χ3n) is 4.81. The highest BCUT2D eigenvalue weighted by Gasteiger charge is 2.17. The summed E-state index contributed by atoms with van der Waals surface area (Å²) in [6, 6.07) is 0. The predicted octanol–water partition coefficient (Wildman–Crippen LogP) is 2.60. The van der Waals surface area contributed by atoms with Gasteiger partial charge >= 0.3 is 5.69 Å². The van der Waals surface area contributed by atoms with Gasteiger partial charge in [0.2, 0.25) is 5.91 Å². The molecule has 6 nitrogen and oxygen atoms in total. The fraction of sp³-hybridized carbons (Fsp3) is 0.824. The summed E-state index contributed by atoms with van der Waals surface area (Å²) in [7, 11) is 3.98. The summed E-state index contributed by atoms with van der Waals surface area (Å²) in [6.45, 7) is 1.99. The SMILES string of the molecule is O=C(CCCCC1CCSS1)NCCCn1nc2n(c1=O)CCCC2. The molecule has 1 N–H and O–H groups in total. The molecule has 0 spiro atoms. The second-order valence-corrected chi connectivity index (χ2v) is 9.60. The molecule has 0 aromatic carbocycles. The maximum absolute atomic E-state index is 12.2. The molecule has 1 saturated heterocycles. The Morgan fingerprint density at radius 3 is 3.00 bits per heavy atom. The first-order valence-corrected chi connectivity index (χ1v) is 11.8. The Bertz CT molecular complexity index is 623. The van der Waals surface area contributed by atoms with Gasteiger partial charge in [-0.1, -0.05) is 28.0 Å². The zero-order chi connectivity index (χ0) is 17.5. The van der Waals surface area contributed by atoms with E-state index in [0.29, 0.717) is 19.5 Å². The van der Waals surface area contributed by atoms with E-state index in [1.165, 1.54) is 18.6 Å². The van der Waals surface area contributed by atoms with Crippen molar-refractivity contribution >= 4 is 27.5 Å². The van der Waals surface area contributed by atoms with Crippen LogP contribution in [0.2, 0.25) is 0 Å². The number of nitrogens with one attached hydrogen (secondary N) is 1. The lowest BCUT2D eigenvalue weighted by Gasteiger charge is -2.09. The highest BCUT2D eigenvalue weighted by atomic mass is 33.1. The van der Waals surface area contributed by atoms with Crippen molar-refractivity contribution in [3.63, 3.8) is 0 Å². The second kappa shape index (κ2) is 9.71. The summed E-state index contributed by atoms with van der Waals surface area (Å²) in [4.78, 5) is 24.1. The van der Waals surface area contributed by atoms with Crippen molar-refractivity contribution in [3.05, 3.63) is 16.3 Å². The summed E-state index contributed by atoms with van der Waals surface area (Å²) < 4.78 is 3.35. The summed E-state index contributed by atoms with van der Waals surface area (Å²) in [5.74, 6) is 2.32. The molecule has 140 valence electrons. The van der Waals surface area contributed by atoms with E-state index in [2.05, 4.69) is 10.4 Å². The van der Waals surface area contributed by atoms with Gasteiger partial charge in [0.25, 0.3) is 0 Å². The fourth-order valence-electron chi connectivity index (χ4n) is 3.36. The van der Waals surface area contributed by atoms with Gasteiger partial charge in [-0.25, -0.2) is 9.48 Å². The minimum Gasteiger partial charge on any atom is -0.356 e. The monoisotopic (exact) mass is 384 g/mol. The van der Waals surface area contributed by atoms with Crippen molar-refractivity contribution in [1.29, 1.82) is 0 Å². The van der Waals surface area contributed by atoms with Crippen LogP contribution in [-0.4, -0.2) is 37.8 Å². The van der Waals surface area contributed by atoms with Gasteiger partial charge in [-0.15, -0.1) is 0 Å². The fourth-order valence-corrected chi connectivity index (χ4v) is 6.39. The molecule has 1 amide bonds. The molecule has 3 rings (SSSR count). The maximum atomic E-state index is 12.2. The van der Waals surface area contributed by atoms with Crippen molar-refractivity contribution in [1.82, 2.24) is 19.7 Å². The number of carbonyl (C=O) groups excluding carboxylic acids is 1. The minimum atomic E-state index is 0.00368. The van der Waals surface area contributed by atoms with Gasteiger partial charge in [-0.3, -0.25) is 9.36 Å². The number of amides is 1. The number of hydrogen-bond acceptors (Lipinski definition) is 5. The summed E-state index contributed by atoms with van der Waals surface area (Å²) in [5, 5.41) is 8.18. The molecule has 8 heteroatoms. The van der Waals surface area contributed by atoms with E-state index in [4.69, 9.17) is 0 Å². The molecule has 1 unspecified atom stereocenters. The van der Waals surface area contributed by atoms with Crippen LogP contribution in [0.3, 0.4) is 0 Å². The average Bonchev–Trinajstić information content (AvgIpc) is 3.24. The average molecular weight is 385 g/mol. The summed E-state index contributed by atoms with van der Waals surface area (Å²) >= 11 is 0. The molecule has 1 aromatic heterocycles. The van der Waals surface area contributed by atoms with Gasteiger partial charge in [-0.05, 0) is 38.5 Å². The normalized spacial score (nSPS) is 19.8. The van der Waals surface area contributed by atoms with Crippen molar-refractivity contribution in [2.24, 2.45) is 0 Å². The largest absolute Gasteiger partial charge is 0.356 e. The molecule has 1 atom stereocenters. The number of fused-ring (bicyclic) bond motifs is 1. The van der Waals surface area contributed by atoms with Crippen LogP contribution >= 0.6 is 21.6 Å². The number of aromatic nitrogens is 3. The smallest absolute Gasteiger partial charge is 0.345 e. The van der Waals surface area contributed by atoms with Crippen molar-refractivity contribution in [2.75, 3.05) is 12.3 Å². The Balaban J connectivity index is 1.27. The lowest BCUT2D eigenvalue weighted by Crippen LogP contribution is -2.29. The van der Waals surface area contributed by atoms with E-state index in [1.807, 2.05) is 21.6 Å². The standard InChI is InChI=1S/C17H28N4O2S2/c22-16(8-2-1-6-14-9-13-24-25-14)18-10-5-12-21-17(23)20-11-4-3-7-15(20)19-21/h14H,1-13H2,(H,18,22). The van der Waals surface area contributed by atoms with Crippen LogP contribution < -0.4 is 11.0 Å². The Morgan fingerprint density at radius 2 is 2.20 bits per heavy atom. The van der Waals surface area contributed by atoms with Crippen LogP contribution in [0.5, 0.6) is 0 Å². The number of hydrogen-bond donors (Lipinski definition) is 1. The molecule has 1 aromatic rings. The highest BCUT2D eigenvalue weighted by molar-refractivity contribution is 8.77. The van der Waals surface area contributed by atoms with E-state index in [-0.39, 0.29) is 11.6 Å². The number of carbonyl (C=O) groups is 1. The van der Waals surface area contributed by atoms with Crippen LogP contribution in [0.4, 0.5) is 0 Å². The Kier molecular flexibility index (Phi) is 7.34. The molecular weight excluding hydrogens is 356 g/mol. The number of unbranched alkanes of at least 4 members (excludes halogenated alkanes) is 1. The molecule has 0 radical (unpaired) electrons. The first kappa shape index (κ1) is 18.9. The minimum absolute atomic E-state index is 0.00368. The van der Waals surface area contributed by atoms with Crippen molar-refractivity contribution < 1.29 is 4.79 Å². The van der Waals surface area contributed by atoms with Crippen LogP contribution in [0.15, 0.2) is 4.79 Å². The predicted molar refractivity (Wildman–Crippen MR) is 104 cm³/mol. The third kappa shape index (κ3) is 5.54. The maximum Gasteiger partial charge on any atom is 0.345 e. The zero-order valence-corrected chi connectivity index (χ0v) is 16.4. The zero-order valence-electron chi connectivity index (χ0n) is 14.7. The van der Waals surface area contributed by atoms with Crippen LogP contribution in [0.1, 0.15) is 57.2 Å². The molecule has 2 aliphatic heterocycles. The van der Waals surface area contributed by atoms with Crippen molar-refractivity contribution in [2.45, 2.75) is 76.1 Å². The van der Waals surface area contributed by atoms with E-state index in [1.54, 1.807) is 9.25 Å². The number of aryl methyl sites for hydroxylation is 2. The molecule has 25 heavy (non-hydrogen) atoms. The van der Waals surface area contributed by atoms with Gasteiger partial charge in [0, 0.05) is 43.5 Å². The van der Waals surface area contributed by atoms with E-state index < -0.39 is 0 Å². The summed E-state index contributed by atoms with van der Waals surface area (Å²) in [5.41, 5.74) is 0.00368. The molecular formula is C17H28N4O2S2. The second-order valence-electron chi connectivity index (χ2n) is 6.81. The lowest BCUT2D eigenvalue weighted by molar-refractivity contribution is -0.121. The lowest BCUT2D eigenvalue weighted by atomic mass is 10.1. The summed E-state index contributed by atoms with van der Waals surface area (Å²) in [6.07, 6.45) is 9.11. The van der Waals surface area contributed by atoms with Gasteiger partial charge in [0.1, 0.15) is 5.82 Å². The van der Waals surface area contributed by atoms with Crippen LogP contribution in [0, 0.1) is 0 Å². The molecule has 2 aliphatic rings. The Labute approximate surface area is 156 Å².